The molecule has 0 saturated carbocycles. The first-order valence-electron chi connectivity index (χ1n) is 7.83. The Kier molecular flexibility index (Phi) is 4.85. The van der Waals surface area contributed by atoms with Crippen LogP contribution in [-0.2, 0) is 17.9 Å². The molecule has 0 unspecified atom stereocenters. The van der Waals surface area contributed by atoms with Crippen molar-refractivity contribution in [2.75, 3.05) is 6.54 Å². The molecule has 3 rings (SSSR count). The molecule has 2 heterocycles. The van der Waals surface area contributed by atoms with Gasteiger partial charge in [-0.1, -0.05) is 11.6 Å². The molecule has 25 heavy (non-hydrogen) atoms. The van der Waals surface area contributed by atoms with Gasteiger partial charge in [0.25, 0.3) is 0 Å². The fourth-order valence-electron chi connectivity index (χ4n) is 2.69. The fraction of sp³-hybridized carbons (Fsp3) is 0.222. The zero-order valence-electron chi connectivity index (χ0n) is 13.8. The van der Waals surface area contributed by atoms with Gasteiger partial charge < -0.3 is 14.6 Å². The summed E-state index contributed by atoms with van der Waals surface area (Å²) in [5.74, 6) is 0.948. The van der Waals surface area contributed by atoms with Crippen LogP contribution in [0, 0.1) is 6.92 Å². The van der Waals surface area contributed by atoms with Gasteiger partial charge >= 0.3 is 6.03 Å². The molecule has 0 radical (unpaired) electrons. The van der Waals surface area contributed by atoms with Gasteiger partial charge in [-0.05, 0) is 37.3 Å². The van der Waals surface area contributed by atoms with Crippen LogP contribution in [0.15, 0.2) is 51.5 Å². The van der Waals surface area contributed by atoms with E-state index in [1.807, 2.05) is 42.2 Å². The Morgan fingerprint density at radius 1 is 1.16 bits per heavy atom. The Morgan fingerprint density at radius 3 is 2.68 bits per heavy atom. The third kappa shape index (κ3) is 4.48. The molecule has 0 spiro atoms. The minimum atomic E-state index is -0.873. The maximum Gasteiger partial charge on any atom is 0.318 e. The van der Waals surface area contributed by atoms with Crippen molar-refractivity contribution in [1.29, 1.82) is 0 Å². The predicted molar refractivity (Wildman–Crippen MR) is 91.5 cm³/mol. The Bertz CT molecular complexity index is 883. The number of nitrogens with one attached hydrogen (secondary N) is 1. The maximum atomic E-state index is 11.9. The first-order chi connectivity index (χ1) is 12.0. The van der Waals surface area contributed by atoms with Gasteiger partial charge in [0, 0.05) is 5.39 Å². The molecule has 0 atom stereocenters. The van der Waals surface area contributed by atoms with Gasteiger partial charge in [0.1, 0.15) is 17.1 Å². The average molecular weight is 341 g/mol. The normalized spacial score (nSPS) is 11.1. The zero-order chi connectivity index (χ0) is 17.8. The highest BCUT2D eigenvalue weighted by molar-refractivity contribution is 5.94. The summed E-state index contributed by atoms with van der Waals surface area (Å²) in [6.45, 7) is 2.79. The van der Waals surface area contributed by atoms with Crippen molar-refractivity contribution in [2.45, 2.75) is 20.0 Å². The number of furan rings is 2. The van der Waals surface area contributed by atoms with Gasteiger partial charge in [0.2, 0.25) is 5.91 Å². The van der Waals surface area contributed by atoms with E-state index in [2.05, 4.69) is 5.32 Å². The van der Waals surface area contributed by atoms with E-state index in [4.69, 9.17) is 14.6 Å². The number of carbonyl (C=O) groups is 2. The summed E-state index contributed by atoms with van der Waals surface area (Å²) >= 11 is 0. The number of amides is 3. The van der Waals surface area contributed by atoms with Crippen LogP contribution < -0.4 is 11.1 Å². The molecule has 0 fully saturated rings. The molecule has 2 aromatic heterocycles. The molecule has 0 aliphatic rings. The van der Waals surface area contributed by atoms with E-state index in [-0.39, 0.29) is 6.54 Å². The van der Waals surface area contributed by atoms with E-state index in [9.17, 15) is 9.59 Å². The highest BCUT2D eigenvalue weighted by Crippen LogP contribution is 2.22. The van der Waals surface area contributed by atoms with Crippen molar-refractivity contribution in [3.05, 3.63) is 59.7 Å². The molecule has 3 aromatic rings. The third-order valence-corrected chi connectivity index (χ3v) is 3.69. The van der Waals surface area contributed by atoms with Gasteiger partial charge in [0.15, 0.2) is 0 Å². The number of hydrogen-bond donors (Lipinski definition) is 2. The lowest BCUT2D eigenvalue weighted by Gasteiger charge is -2.18. The van der Waals surface area contributed by atoms with E-state index < -0.39 is 11.9 Å². The molecule has 0 aliphatic carbocycles. The lowest BCUT2D eigenvalue weighted by atomic mass is 10.2. The molecule has 7 nitrogen and oxygen atoms in total. The minimum Gasteiger partial charge on any atom is -0.468 e. The molecular weight excluding hydrogens is 322 g/mol. The van der Waals surface area contributed by atoms with Crippen LogP contribution in [0.25, 0.3) is 11.0 Å². The van der Waals surface area contributed by atoms with Gasteiger partial charge in [0.05, 0.1) is 25.9 Å². The van der Waals surface area contributed by atoms with Crippen molar-refractivity contribution >= 4 is 22.9 Å². The van der Waals surface area contributed by atoms with E-state index in [1.54, 1.807) is 12.3 Å². The van der Waals surface area contributed by atoms with E-state index in [1.165, 1.54) is 0 Å². The van der Waals surface area contributed by atoms with Gasteiger partial charge in [-0.25, -0.2) is 4.79 Å². The first-order valence-corrected chi connectivity index (χ1v) is 7.83. The van der Waals surface area contributed by atoms with Crippen LogP contribution >= 0.6 is 0 Å². The number of urea groups is 1. The number of aryl methyl sites for hydroxylation is 1. The summed E-state index contributed by atoms with van der Waals surface area (Å²) < 4.78 is 11.2. The fourth-order valence-corrected chi connectivity index (χ4v) is 2.69. The highest BCUT2D eigenvalue weighted by atomic mass is 16.3. The minimum absolute atomic E-state index is 0.0142. The van der Waals surface area contributed by atoms with Gasteiger partial charge in [-0.2, -0.15) is 0 Å². The van der Waals surface area contributed by atoms with Crippen molar-refractivity contribution in [3.8, 4) is 0 Å². The van der Waals surface area contributed by atoms with Crippen molar-refractivity contribution in [1.82, 2.24) is 10.2 Å². The number of primary amides is 1. The summed E-state index contributed by atoms with van der Waals surface area (Å²) in [6.07, 6.45) is 1.57. The molecule has 130 valence electrons. The molecule has 1 aromatic carbocycles. The Balaban J connectivity index is 1.77. The summed E-state index contributed by atoms with van der Waals surface area (Å²) in [6, 6.07) is 10.6. The van der Waals surface area contributed by atoms with E-state index >= 15 is 0 Å². The van der Waals surface area contributed by atoms with Crippen LogP contribution in [-0.4, -0.2) is 23.4 Å². The Labute approximate surface area is 144 Å². The molecule has 7 heteroatoms. The number of nitrogens with zero attached hydrogens (tertiary/aromatic N) is 1. The largest absolute Gasteiger partial charge is 0.468 e. The van der Waals surface area contributed by atoms with Crippen LogP contribution in [0.4, 0.5) is 4.79 Å². The molecule has 0 aliphatic heterocycles. The molecule has 0 saturated heterocycles. The zero-order valence-corrected chi connectivity index (χ0v) is 13.8. The van der Waals surface area contributed by atoms with Crippen molar-refractivity contribution in [3.63, 3.8) is 0 Å². The Morgan fingerprint density at radius 2 is 1.96 bits per heavy atom. The van der Waals surface area contributed by atoms with Crippen LogP contribution in [0.1, 0.15) is 17.1 Å². The quantitative estimate of drug-likeness (QED) is 0.717. The van der Waals surface area contributed by atoms with Gasteiger partial charge in [-0.15, -0.1) is 0 Å². The number of benzene rings is 1. The molecular formula is C18H19N3O4. The lowest BCUT2D eigenvalue weighted by Crippen LogP contribution is -2.41. The second-order valence-electron chi connectivity index (χ2n) is 5.89. The summed E-state index contributed by atoms with van der Waals surface area (Å²) in [7, 11) is 0. The highest BCUT2D eigenvalue weighted by Gasteiger charge is 2.16. The van der Waals surface area contributed by atoms with Crippen LogP contribution in [0.5, 0.6) is 0 Å². The lowest BCUT2D eigenvalue weighted by molar-refractivity contribution is -0.121. The smallest absolute Gasteiger partial charge is 0.318 e. The van der Waals surface area contributed by atoms with E-state index in [0.29, 0.717) is 18.8 Å². The number of carbonyl (C=O) groups excluding carboxylic acids is 2. The first kappa shape index (κ1) is 16.8. The monoisotopic (exact) mass is 341 g/mol. The number of hydrogen-bond acceptors (Lipinski definition) is 5. The average Bonchev–Trinajstić information content (AvgIpc) is 3.14. The molecule has 3 amide bonds. The Hall–Kier alpha value is -3.06. The standard InChI is InChI=1S/C18H19N3O4/c1-12-4-5-16-13(7-12)8-15(25-16)10-21(9-14-3-2-6-24-14)11-17(22)20-18(19)23/h2-8H,9-11H2,1H3,(H3,19,20,22,23). The topological polar surface area (TPSA) is 102 Å². The third-order valence-electron chi connectivity index (χ3n) is 3.69. The number of rotatable bonds is 6. The number of imide groups is 1. The van der Waals surface area contributed by atoms with E-state index in [0.717, 1.165) is 22.3 Å². The maximum absolute atomic E-state index is 11.9. The number of nitrogens with two attached hydrogens (primary N) is 1. The summed E-state index contributed by atoms with van der Waals surface area (Å²) in [5, 5.41) is 3.08. The number of fused-ring (bicyclic) bond motifs is 1. The summed E-state index contributed by atoms with van der Waals surface area (Å²) in [4.78, 5) is 24.5. The molecule has 3 N–H and O–H groups in total. The predicted octanol–water partition coefficient (Wildman–Crippen LogP) is 2.53. The van der Waals surface area contributed by atoms with Crippen LogP contribution in [0.3, 0.4) is 0 Å². The molecule has 0 bridgehead atoms. The second kappa shape index (κ2) is 7.23. The van der Waals surface area contributed by atoms with Gasteiger partial charge in [-0.3, -0.25) is 15.0 Å². The van der Waals surface area contributed by atoms with Crippen LogP contribution in [0.2, 0.25) is 0 Å². The van der Waals surface area contributed by atoms with Crippen molar-refractivity contribution in [2.24, 2.45) is 5.73 Å². The SMILES string of the molecule is Cc1ccc2oc(CN(CC(=O)NC(N)=O)Cc3ccco3)cc2c1. The summed E-state index contributed by atoms with van der Waals surface area (Å²) in [5.41, 5.74) is 6.93. The second-order valence-corrected chi connectivity index (χ2v) is 5.89. The van der Waals surface area contributed by atoms with Crippen molar-refractivity contribution < 1.29 is 18.4 Å².